The van der Waals surface area contributed by atoms with Crippen molar-refractivity contribution in [2.45, 2.75) is 46.1 Å². The molecule has 1 fully saturated rings. The zero-order chi connectivity index (χ0) is 14.0. The molecule has 2 nitrogen and oxygen atoms in total. The van der Waals surface area contributed by atoms with Gasteiger partial charge in [-0.05, 0) is 71.7 Å². The third kappa shape index (κ3) is 2.79. The molecule has 0 bridgehead atoms. The zero-order valence-electron chi connectivity index (χ0n) is 13.1. The highest BCUT2D eigenvalue weighted by Gasteiger charge is 2.38. The van der Waals surface area contributed by atoms with Crippen LogP contribution in [0.15, 0.2) is 18.2 Å². The molecule has 1 atom stereocenters. The lowest BCUT2D eigenvalue weighted by atomic mass is 9.78. The zero-order valence-corrected chi connectivity index (χ0v) is 13.1. The van der Waals surface area contributed by atoms with Crippen molar-refractivity contribution in [3.8, 4) is 0 Å². The number of nitrogens with zero attached hydrogens (tertiary/aromatic N) is 1. The van der Waals surface area contributed by atoms with E-state index < -0.39 is 0 Å². The van der Waals surface area contributed by atoms with Crippen LogP contribution in [0.3, 0.4) is 0 Å². The highest BCUT2D eigenvalue weighted by atomic mass is 15.2. The Kier molecular flexibility index (Phi) is 4.19. The Morgan fingerprint density at radius 2 is 2.05 bits per heavy atom. The first-order valence-electron chi connectivity index (χ1n) is 7.46. The molecular weight excluding hydrogens is 232 g/mol. The average Bonchev–Trinajstić information content (AvgIpc) is 2.33. The van der Waals surface area contributed by atoms with Crippen LogP contribution in [0.5, 0.6) is 0 Å². The molecule has 1 unspecified atom stereocenters. The van der Waals surface area contributed by atoms with Crippen LogP contribution in [0.1, 0.15) is 37.8 Å². The highest BCUT2D eigenvalue weighted by molar-refractivity contribution is 5.56. The first kappa shape index (κ1) is 14.4. The van der Waals surface area contributed by atoms with Gasteiger partial charge in [-0.15, -0.1) is 0 Å². The van der Waals surface area contributed by atoms with Crippen LogP contribution in [0, 0.1) is 19.8 Å². The van der Waals surface area contributed by atoms with Crippen molar-refractivity contribution in [2.24, 2.45) is 5.92 Å². The molecule has 2 rings (SSSR count). The lowest BCUT2D eigenvalue weighted by Gasteiger charge is -2.50. The van der Waals surface area contributed by atoms with Gasteiger partial charge >= 0.3 is 0 Å². The van der Waals surface area contributed by atoms with Crippen molar-refractivity contribution < 1.29 is 0 Å². The van der Waals surface area contributed by atoms with E-state index >= 15 is 0 Å². The van der Waals surface area contributed by atoms with Crippen LogP contribution < -0.4 is 10.2 Å². The van der Waals surface area contributed by atoms with E-state index in [-0.39, 0.29) is 5.54 Å². The summed E-state index contributed by atoms with van der Waals surface area (Å²) in [6.07, 6.45) is 2.62. The second-order valence-corrected chi connectivity index (χ2v) is 6.49. The van der Waals surface area contributed by atoms with Crippen molar-refractivity contribution in [1.29, 1.82) is 0 Å². The Hall–Kier alpha value is -1.02. The SMILES string of the molecule is CNCC1CCCN(c2ccc(C)cc2C)C1(C)C. The molecular formula is C17H28N2. The van der Waals surface area contributed by atoms with Gasteiger partial charge in [-0.3, -0.25) is 0 Å². The Morgan fingerprint density at radius 1 is 1.32 bits per heavy atom. The van der Waals surface area contributed by atoms with Gasteiger partial charge in [0.25, 0.3) is 0 Å². The molecule has 1 heterocycles. The van der Waals surface area contributed by atoms with Crippen molar-refractivity contribution in [3.63, 3.8) is 0 Å². The molecule has 0 spiro atoms. The number of hydrogen-bond donors (Lipinski definition) is 1. The van der Waals surface area contributed by atoms with Gasteiger partial charge in [0.1, 0.15) is 0 Å². The normalized spacial score (nSPS) is 22.6. The maximum absolute atomic E-state index is 3.36. The molecule has 0 radical (unpaired) electrons. The minimum absolute atomic E-state index is 0.223. The molecule has 0 amide bonds. The van der Waals surface area contributed by atoms with Crippen LogP contribution in [0.2, 0.25) is 0 Å². The van der Waals surface area contributed by atoms with Crippen molar-refractivity contribution in [3.05, 3.63) is 29.3 Å². The first-order valence-corrected chi connectivity index (χ1v) is 7.46. The van der Waals surface area contributed by atoms with Gasteiger partial charge in [-0.25, -0.2) is 0 Å². The van der Waals surface area contributed by atoms with Gasteiger partial charge in [-0.2, -0.15) is 0 Å². The number of nitrogens with one attached hydrogen (secondary N) is 1. The first-order chi connectivity index (χ1) is 8.96. The van der Waals surface area contributed by atoms with Crippen LogP contribution in [0.25, 0.3) is 0 Å². The Morgan fingerprint density at radius 3 is 2.68 bits per heavy atom. The van der Waals surface area contributed by atoms with Gasteiger partial charge < -0.3 is 10.2 Å². The summed E-state index contributed by atoms with van der Waals surface area (Å²) in [6.45, 7) is 11.5. The van der Waals surface area contributed by atoms with Gasteiger partial charge in [0, 0.05) is 17.8 Å². The van der Waals surface area contributed by atoms with E-state index in [0.29, 0.717) is 5.92 Å². The summed E-state index contributed by atoms with van der Waals surface area (Å²) >= 11 is 0. The minimum Gasteiger partial charge on any atom is -0.366 e. The fourth-order valence-corrected chi connectivity index (χ4v) is 3.49. The molecule has 0 saturated carbocycles. The van der Waals surface area contributed by atoms with E-state index in [0.717, 1.165) is 6.54 Å². The minimum atomic E-state index is 0.223. The van der Waals surface area contributed by atoms with Crippen LogP contribution in [-0.4, -0.2) is 25.7 Å². The molecule has 0 aliphatic carbocycles. The molecule has 1 aromatic rings. The van der Waals surface area contributed by atoms with E-state index in [1.54, 1.807) is 0 Å². The van der Waals surface area contributed by atoms with Gasteiger partial charge in [0.05, 0.1) is 0 Å². The van der Waals surface area contributed by atoms with Gasteiger partial charge in [0.15, 0.2) is 0 Å². The van der Waals surface area contributed by atoms with E-state index in [1.165, 1.54) is 36.2 Å². The van der Waals surface area contributed by atoms with E-state index in [4.69, 9.17) is 0 Å². The van der Waals surface area contributed by atoms with Crippen LogP contribution in [-0.2, 0) is 0 Å². The number of hydrogen-bond acceptors (Lipinski definition) is 2. The summed E-state index contributed by atoms with van der Waals surface area (Å²) in [5, 5.41) is 3.36. The Bertz CT molecular complexity index is 435. The molecule has 1 N–H and O–H groups in total. The number of rotatable bonds is 3. The Labute approximate surface area is 118 Å². The largest absolute Gasteiger partial charge is 0.366 e. The second kappa shape index (κ2) is 5.54. The molecule has 0 aromatic heterocycles. The van der Waals surface area contributed by atoms with E-state index in [2.05, 4.69) is 63.2 Å². The second-order valence-electron chi connectivity index (χ2n) is 6.49. The third-order valence-electron chi connectivity index (χ3n) is 4.72. The lowest BCUT2D eigenvalue weighted by molar-refractivity contribution is 0.234. The summed E-state index contributed by atoms with van der Waals surface area (Å²) in [7, 11) is 2.06. The molecule has 1 aliphatic rings. The summed E-state index contributed by atoms with van der Waals surface area (Å²) in [4.78, 5) is 2.62. The van der Waals surface area contributed by atoms with Crippen LogP contribution >= 0.6 is 0 Å². The predicted octanol–water partition coefficient (Wildman–Crippen LogP) is 3.52. The maximum Gasteiger partial charge on any atom is 0.0400 e. The number of piperidine rings is 1. The fourth-order valence-electron chi connectivity index (χ4n) is 3.49. The number of anilines is 1. The molecule has 106 valence electrons. The van der Waals surface area contributed by atoms with E-state index in [9.17, 15) is 0 Å². The molecule has 1 saturated heterocycles. The van der Waals surface area contributed by atoms with Gasteiger partial charge in [0.2, 0.25) is 0 Å². The Balaban J connectivity index is 2.32. The van der Waals surface area contributed by atoms with E-state index in [1.807, 2.05) is 0 Å². The van der Waals surface area contributed by atoms with Crippen LogP contribution in [0.4, 0.5) is 5.69 Å². The van der Waals surface area contributed by atoms with Crippen molar-refractivity contribution in [1.82, 2.24) is 5.32 Å². The number of aryl methyl sites for hydroxylation is 2. The topological polar surface area (TPSA) is 15.3 Å². The average molecular weight is 260 g/mol. The standard InChI is InChI=1S/C17H28N2/c1-13-8-9-16(14(2)11-13)19-10-6-7-15(12-18-5)17(19,3)4/h8-9,11,15,18H,6-7,10,12H2,1-5H3. The fraction of sp³-hybridized carbons (Fsp3) is 0.647. The highest BCUT2D eigenvalue weighted by Crippen LogP contribution is 2.38. The smallest absolute Gasteiger partial charge is 0.0400 e. The number of benzene rings is 1. The molecule has 1 aliphatic heterocycles. The summed E-state index contributed by atoms with van der Waals surface area (Å²) in [5.41, 5.74) is 4.39. The van der Waals surface area contributed by atoms with Crippen molar-refractivity contribution >= 4 is 5.69 Å². The molecule has 1 aromatic carbocycles. The third-order valence-corrected chi connectivity index (χ3v) is 4.72. The lowest BCUT2D eigenvalue weighted by Crippen LogP contribution is -2.56. The summed E-state index contributed by atoms with van der Waals surface area (Å²) in [5.74, 6) is 0.715. The molecule has 19 heavy (non-hydrogen) atoms. The monoisotopic (exact) mass is 260 g/mol. The summed E-state index contributed by atoms with van der Waals surface area (Å²) in [6, 6.07) is 6.83. The predicted molar refractivity (Wildman–Crippen MR) is 84.0 cm³/mol. The molecule has 2 heteroatoms. The van der Waals surface area contributed by atoms with Gasteiger partial charge in [-0.1, -0.05) is 17.7 Å². The van der Waals surface area contributed by atoms with Crippen molar-refractivity contribution in [2.75, 3.05) is 25.0 Å². The maximum atomic E-state index is 3.36. The quantitative estimate of drug-likeness (QED) is 0.894. The summed E-state index contributed by atoms with van der Waals surface area (Å²) < 4.78 is 0.